The standard InChI is InChI=1S/C24H27NO6/c1-2-29-24(28)13-11-21(26)18-10-12-22-20(16-18)25(23(27)17-31-22)14-6-7-15-30-19-8-4-3-5-9-19/h3-5,8-10,12,16H,2,6-7,11,13-15,17H2,1H3. The Bertz CT molecular complexity index is 912. The Morgan fingerprint density at radius 2 is 1.87 bits per heavy atom. The van der Waals surface area contributed by atoms with Gasteiger partial charge in [-0.15, -0.1) is 0 Å². The van der Waals surface area contributed by atoms with E-state index in [4.69, 9.17) is 14.2 Å². The van der Waals surface area contributed by atoms with Crippen LogP contribution in [0.15, 0.2) is 48.5 Å². The summed E-state index contributed by atoms with van der Waals surface area (Å²) in [6, 6.07) is 14.6. The van der Waals surface area contributed by atoms with Gasteiger partial charge in [0.05, 0.1) is 25.3 Å². The van der Waals surface area contributed by atoms with Crippen LogP contribution in [0.3, 0.4) is 0 Å². The molecule has 0 radical (unpaired) electrons. The zero-order valence-corrected chi connectivity index (χ0v) is 17.7. The number of para-hydroxylation sites is 1. The largest absolute Gasteiger partial charge is 0.494 e. The van der Waals surface area contributed by atoms with Crippen molar-refractivity contribution in [1.82, 2.24) is 0 Å². The normalized spacial score (nSPS) is 12.7. The van der Waals surface area contributed by atoms with Crippen LogP contribution in [0.25, 0.3) is 0 Å². The Morgan fingerprint density at radius 1 is 1.06 bits per heavy atom. The highest BCUT2D eigenvalue weighted by Gasteiger charge is 2.26. The molecule has 164 valence electrons. The van der Waals surface area contributed by atoms with Crippen molar-refractivity contribution >= 4 is 23.3 Å². The molecule has 0 unspecified atom stereocenters. The van der Waals surface area contributed by atoms with Gasteiger partial charge >= 0.3 is 5.97 Å². The molecule has 0 atom stereocenters. The fourth-order valence-corrected chi connectivity index (χ4v) is 3.29. The number of rotatable bonds is 11. The SMILES string of the molecule is CCOC(=O)CCC(=O)c1ccc2c(c1)N(CCCCOc1ccccc1)C(=O)CO2. The maximum Gasteiger partial charge on any atom is 0.306 e. The second-order valence-electron chi connectivity index (χ2n) is 7.11. The molecule has 1 amide bonds. The fourth-order valence-electron chi connectivity index (χ4n) is 3.29. The molecule has 0 aromatic heterocycles. The third-order valence-electron chi connectivity index (χ3n) is 4.87. The van der Waals surface area contributed by atoms with E-state index >= 15 is 0 Å². The number of hydrogen-bond acceptors (Lipinski definition) is 6. The van der Waals surface area contributed by atoms with Crippen molar-refractivity contribution in [3.8, 4) is 11.5 Å². The quantitative estimate of drug-likeness (QED) is 0.309. The first-order valence-corrected chi connectivity index (χ1v) is 10.5. The van der Waals surface area contributed by atoms with Gasteiger partial charge in [0.25, 0.3) is 5.91 Å². The molecule has 1 aliphatic heterocycles. The lowest BCUT2D eigenvalue weighted by atomic mass is 10.0. The summed E-state index contributed by atoms with van der Waals surface area (Å²) >= 11 is 0. The summed E-state index contributed by atoms with van der Waals surface area (Å²) in [7, 11) is 0. The van der Waals surface area contributed by atoms with E-state index in [1.807, 2.05) is 30.3 Å². The number of hydrogen-bond donors (Lipinski definition) is 0. The highest BCUT2D eigenvalue weighted by molar-refractivity contribution is 6.02. The highest BCUT2D eigenvalue weighted by Crippen LogP contribution is 2.33. The number of benzene rings is 2. The number of fused-ring (bicyclic) bond motifs is 1. The summed E-state index contributed by atoms with van der Waals surface area (Å²) in [4.78, 5) is 38.1. The van der Waals surface area contributed by atoms with Gasteiger partial charge < -0.3 is 19.1 Å². The molecule has 0 saturated heterocycles. The number of anilines is 1. The number of unbranched alkanes of at least 4 members (excludes halogenated alkanes) is 1. The van der Waals surface area contributed by atoms with Crippen LogP contribution in [0.1, 0.15) is 43.0 Å². The molecule has 0 spiro atoms. The van der Waals surface area contributed by atoms with Crippen LogP contribution < -0.4 is 14.4 Å². The number of ether oxygens (including phenoxy) is 3. The van der Waals surface area contributed by atoms with Crippen LogP contribution in [0.5, 0.6) is 11.5 Å². The van der Waals surface area contributed by atoms with Gasteiger partial charge in [0.15, 0.2) is 12.4 Å². The molecular formula is C24H27NO6. The third kappa shape index (κ3) is 6.31. The number of carbonyl (C=O) groups is 3. The minimum Gasteiger partial charge on any atom is -0.494 e. The molecule has 2 aromatic rings. The molecule has 7 heteroatoms. The Labute approximate surface area is 181 Å². The van der Waals surface area contributed by atoms with Crippen LogP contribution in [0.2, 0.25) is 0 Å². The van der Waals surface area contributed by atoms with E-state index < -0.39 is 5.97 Å². The predicted octanol–water partition coefficient (Wildman–Crippen LogP) is 3.80. The fraction of sp³-hybridized carbons (Fsp3) is 0.375. The monoisotopic (exact) mass is 425 g/mol. The van der Waals surface area contributed by atoms with E-state index in [1.54, 1.807) is 30.0 Å². The van der Waals surface area contributed by atoms with Crippen molar-refractivity contribution in [2.24, 2.45) is 0 Å². The molecule has 0 saturated carbocycles. The summed E-state index contributed by atoms with van der Waals surface area (Å²) in [6.07, 6.45) is 1.62. The average molecular weight is 425 g/mol. The third-order valence-corrected chi connectivity index (χ3v) is 4.87. The van der Waals surface area contributed by atoms with E-state index in [2.05, 4.69) is 0 Å². The van der Waals surface area contributed by atoms with Crippen molar-refractivity contribution in [1.29, 1.82) is 0 Å². The molecule has 31 heavy (non-hydrogen) atoms. The first kappa shape index (κ1) is 22.3. The second-order valence-corrected chi connectivity index (χ2v) is 7.11. The zero-order chi connectivity index (χ0) is 22.1. The van der Waals surface area contributed by atoms with Crippen LogP contribution >= 0.6 is 0 Å². The first-order valence-electron chi connectivity index (χ1n) is 10.5. The summed E-state index contributed by atoms with van der Waals surface area (Å²) in [5.41, 5.74) is 1.03. The van der Waals surface area contributed by atoms with E-state index in [-0.39, 0.29) is 37.7 Å². The number of Topliss-reactive ketones (excluding diaryl/α,β-unsaturated/α-hetero) is 1. The van der Waals surface area contributed by atoms with E-state index in [9.17, 15) is 14.4 Å². The number of esters is 1. The maximum atomic E-state index is 12.5. The predicted molar refractivity (Wildman–Crippen MR) is 116 cm³/mol. The summed E-state index contributed by atoms with van der Waals surface area (Å²) in [6.45, 7) is 3.05. The van der Waals surface area contributed by atoms with Crippen molar-refractivity contribution in [3.05, 3.63) is 54.1 Å². The Kier molecular flexibility index (Phi) is 8.04. The van der Waals surface area contributed by atoms with Gasteiger partial charge in [-0.3, -0.25) is 14.4 Å². The molecule has 3 rings (SSSR count). The molecule has 0 N–H and O–H groups in total. The Balaban J connectivity index is 1.57. The maximum absolute atomic E-state index is 12.5. The molecule has 0 aliphatic carbocycles. The summed E-state index contributed by atoms with van der Waals surface area (Å²) < 4.78 is 16.1. The highest BCUT2D eigenvalue weighted by atomic mass is 16.5. The van der Waals surface area contributed by atoms with E-state index in [0.29, 0.717) is 30.2 Å². The molecular weight excluding hydrogens is 398 g/mol. The number of nitrogens with zero attached hydrogens (tertiary/aromatic N) is 1. The first-order chi connectivity index (χ1) is 15.1. The van der Waals surface area contributed by atoms with E-state index in [0.717, 1.165) is 18.6 Å². The lowest BCUT2D eigenvalue weighted by Gasteiger charge is -2.29. The van der Waals surface area contributed by atoms with Gasteiger partial charge in [0, 0.05) is 18.5 Å². The summed E-state index contributed by atoms with van der Waals surface area (Å²) in [5.74, 6) is 0.674. The number of carbonyl (C=O) groups excluding carboxylic acids is 3. The minimum absolute atomic E-state index is 0.0241. The van der Waals surface area contributed by atoms with Crippen molar-refractivity contribution < 1.29 is 28.6 Å². The van der Waals surface area contributed by atoms with Gasteiger partial charge in [-0.25, -0.2) is 0 Å². The molecule has 7 nitrogen and oxygen atoms in total. The van der Waals surface area contributed by atoms with Crippen molar-refractivity contribution in [3.63, 3.8) is 0 Å². The van der Waals surface area contributed by atoms with Gasteiger partial charge in [-0.05, 0) is 50.1 Å². The van der Waals surface area contributed by atoms with Crippen molar-refractivity contribution in [2.75, 3.05) is 31.3 Å². The zero-order valence-electron chi connectivity index (χ0n) is 17.7. The van der Waals surface area contributed by atoms with Crippen LogP contribution in [-0.2, 0) is 14.3 Å². The molecule has 0 fully saturated rings. The van der Waals surface area contributed by atoms with Crippen molar-refractivity contribution in [2.45, 2.75) is 32.6 Å². The molecule has 1 heterocycles. The van der Waals surface area contributed by atoms with E-state index in [1.165, 1.54) is 0 Å². The van der Waals surface area contributed by atoms with Crippen LogP contribution in [-0.4, -0.2) is 44.0 Å². The van der Waals surface area contributed by atoms with Crippen LogP contribution in [0.4, 0.5) is 5.69 Å². The molecule has 0 bridgehead atoms. The van der Waals surface area contributed by atoms with Gasteiger partial charge in [0.1, 0.15) is 11.5 Å². The lowest BCUT2D eigenvalue weighted by molar-refractivity contribution is -0.143. The topological polar surface area (TPSA) is 82.1 Å². The van der Waals surface area contributed by atoms with Crippen LogP contribution in [0, 0.1) is 0 Å². The molecule has 2 aromatic carbocycles. The van der Waals surface area contributed by atoms with Gasteiger partial charge in [0.2, 0.25) is 0 Å². The summed E-state index contributed by atoms with van der Waals surface area (Å²) in [5, 5.41) is 0. The minimum atomic E-state index is -0.397. The molecule has 1 aliphatic rings. The Hall–Kier alpha value is -3.35. The Morgan fingerprint density at radius 3 is 2.65 bits per heavy atom. The second kappa shape index (κ2) is 11.2. The average Bonchev–Trinajstić information content (AvgIpc) is 2.79. The van der Waals surface area contributed by atoms with Gasteiger partial charge in [-0.1, -0.05) is 18.2 Å². The lowest BCUT2D eigenvalue weighted by Crippen LogP contribution is -2.39. The smallest absolute Gasteiger partial charge is 0.306 e. The van der Waals surface area contributed by atoms with Gasteiger partial charge in [-0.2, -0.15) is 0 Å². The number of ketones is 1. The number of amides is 1.